The second-order valence-electron chi connectivity index (χ2n) is 13.1. The third kappa shape index (κ3) is 5.16. The average molecular weight is 468 g/mol. The largest absolute Gasteiger partial charge is 0.390 e. The van der Waals surface area contributed by atoms with Crippen LogP contribution in [-0.4, -0.2) is 20.8 Å². The molecular weight excluding hydrogens is 418 g/mol. The normalized spacial score (nSPS) is 42.1. The quantitative estimate of drug-likeness (QED) is 0.437. The van der Waals surface area contributed by atoms with Gasteiger partial charge in [0.1, 0.15) is 0 Å². The van der Waals surface area contributed by atoms with Crippen molar-refractivity contribution in [2.75, 3.05) is 0 Å². The van der Waals surface area contributed by atoms with Gasteiger partial charge >= 0.3 is 0 Å². The van der Waals surface area contributed by atoms with Crippen LogP contribution in [0.2, 0.25) is 0 Å². The van der Waals surface area contributed by atoms with E-state index in [4.69, 9.17) is 0 Å². The summed E-state index contributed by atoms with van der Waals surface area (Å²) in [5.41, 5.74) is 2.63. The van der Waals surface area contributed by atoms with E-state index in [1.54, 1.807) is 12.4 Å². The Balaban J connectivity index is 1.46. The fourth-order valence-corrected chi connectivity index (χ4v) is 8.08. The lowest BCUT2D eigenvalue weighted by molar-refractivity contribution is -0.00322. The van der Waals surface area contributed by atoms with Crippen LogP contribution in [0.5, 0.6) is 0 Å². The molecule has 3 heteroatoms. The maximum atomic E-state index is 10.8. The van der Waals surface area contributed by atoms with Crippen LogP contribution in [0.3, 0.4) is 0 Å². The lowest BCUT2D eigenvalue weighted by Gasteiger charge is -2.49. The van der Waals surface area contributed by atoms with Gasteiger partial charge in [-0.3, -0.25) is 4.98 Å². The third-order valence-electron chi connectivity index (χ3n) is 10.9. The Kier molecular flexibility index (Phi) is 7.65. The van der Waals surface area contributed by atoms with E-state index in [2.05, 4.69) is 38.8 Å². The van der Waals surface area contributed by atoms with Crippen molar-refractivity contribution < 1.29 is 10.2 Å². The fraction of sp³-hybridized carbons (Fsp3) is 0.774. The molecule has 4 rings (SSSR count). The molecule has 2 fully saturated rings. The molecular formula is C31H49NO2. The lowest BCUT2D eigenvalue weighted by atomic mass is 9.57. The highest BCUT2D eigenvalue weighted by atomic mass is 16.3. The maximum Gasteiger partial charge on any atom is 0.0791 e. The van der Waals surface area contributed by atoms with Crippen molar-refractivity contribution in [3.05, 3.63) is 41.7 Å². The highest BCUT2D eigenvalue weighted by Gasteiger charge is 2.49. The Hall–Kier alpha value is -1.19. The summed E-state index contributed by atoms with van der Waals surface area (Å²) in [5.74, 6) is 2.83. The molecule has 0 spiro atoms. The molecule has 0 saturated heterocycles. The lowest BCUT2D eigenvalue weighted by Crippen LogP contribution is -2.42. The molecule has 190 valence electrons. The van der Waals surface area contributed by atoms with E-state index in [0.29, 0.717) is 17.3 Å². The summed E-state index contributed by atoms with van der Waals surface area (Å²) in [5, 5.41) is 21.5. The summed E-state index contributed by atoms with van der Waals surface area (Å²) in [6.07, 6.45) is 18.3. The minimum atomic E-state index is -0.529. The van der Waals surface area contributed by atoms with Gasteiger partial charge in [-0.2, -0.15) is 0 Å². The zero-order valence-electron chi connectivity index (χ0n) is 22.4. The molecule has 3 aliphatic carbocycles. The number of pyridine rings is 1. The number of allylic oxidation sites excluding steroid dienone is 1. The van der Waals surface area contributed by atoms with Crippen LogP contribution in [-0.2, 0) is 0 Å². The molecule has 2 N–H and O–H groups in total. The van der Waals surface area contributed by atoms with Gasteiger partial charge in [0.05, 0.1) is 11.7 Å². The summed E-state index contributed by atoms with van der Waals surface area (Å²) in [7, 11) is 0. The predicted molar refractivity (Wildman–Crippen MR) is 140 cm³/mol. The van der Waals surface area contributed by atoms with Gasteiger partial charge < -0.3 is 10.2 Å². The molecule has 8 atom stereocenters. The highest BCUT2D eigenvalue weighted by Crippen LogP contribution is 2.59. The Morgan fingerprint density at radius 2 is 1.74 bits per heavy atom. The van der Waals surface area contributed by atoms with Crippen molar-refractivity contribution in [3.63, 3.8) is 0 Å². The van der Waals surface area contributed by atoms with E-state index in [9.17, 15) is 10.2 Å². The highest BCUT2D eigenvalue weighted by molar-refractivity contribution is 5.21. The summed E-state index contributed by atoms with van der Waals surface area (Å²) in [4.78, 5) is 4.09. The summed E-state index contributed by atoms with van der Waals surface area (Å²) in [6, 6.07) is 3.88. The van der Waals surface area contributed by atoms with E-state index in [0.717, 1.165) is 55.9 Å². The average Bonchev–Trinajstić information content (AvgIpc) is 3.14. The fourth-order valence-electron chi connectivity index (χ4n) is 8.08. The Morgan fingerprint density at radius 1 is 1.00 bits per heavy atom. The first kappa shape index (κ1) is 25.9. The number of aromatic nitrogens is 1. The van der Waals surface area contributed by atoms with Crippen molar-refractivity contribution in [2.45, 2.75) is 117 Å². The van der Waals surface area contributed by atoms with Crippen LogP contribution in [0.15, 0.2) is 36.2 Å². The van der Waals surface area contributed by atoms with Gasteiger partial charge in [-0.1, -0.05) is 39.3 Å². The van der Waals surface area contributed by atoms with E-state index in [-0.39, 0.29) is 11.5 Å². The second-order valence-corrected chi connectivity index (χ2v) is 13.1. The molecule has 3 aliphatic rings. The predicted octanol–water partition coefficient (Wildman–Crippen LogP) is 7.64. The van der Waals surface area contributed by atoms with Crippen LogP contribution in [0.25, 0.3) is 0 Å². The van der Waals surface area contributed by atoms with E-state index in [1.165, 1.54) is 37.7 Å². The monoisotopic (exact) mass is 467 g/mol. The van der Waals surface area contributed by atoms with Crippen LogP contribution < -0.4 is 0 Å². The first-order chi connectivity index (χ1) is 16.1. The van der Waals surface area contributed by atoms with Crippen molar-refractivity contribution in [2.24, 2.45) is 34.5 Å². The van der Waals surface area contributed by atoms with Gasteiger partial charge in [0.25, 0.3) is 0 Å². The maximum absolute atomic E-state index is 10.8. The molecule has 1 aromatic heterocycles. The first-order valence-corrected chi connectivity index (χ1v) is 14.0. The SMILES string of the molecule is C[C@H](CC[C@@H](O)c1ccncc1)[C@H]1CC[C@H]2CC/C=C3/C[C@@](C)(O)CC[C@]3(C)[C@H](C)CC[C@@]21C. The number of hydrogen-bond donors (Lipinski definition) is 2. The number of nitrogens with zero attached hydrogens (tertiary/aromatic N) is 1. The standard InChI is InChI=1S/C31H49NO2/c1-22(9-12-28(33)24-14-19-32-20-15-24)27-11-10-25-7-6-8-26-21-29(3,34)17-18-30(26,4)23(2)13-16-31(25,27)5/h8,14-15,19-20,22-23,25,27-28,33-34H,6-7,9-13,16-18,21H2,1-5H3/b26-8-/t22-,23-,25-,27-,28-,29+,30-,31+/m1/s1. The summed E-state index contributed by atoms with van der Waals surface area (Å²) < 4.78 is 0. The van der Waals surface area contributed by atoms with Crippen molar-refractivity contribution in [1.29, 1.82) is 0 Å². The van der Waals surface area contributed by atoms with E-state index in [1.807, 2.05) is 19.1 Å². The van der Waals surface area contributed by atoms with Crippen LogP contribution in [0, 0.1) is 34.5 Å². The molecule has 0 aliphatic heterocycles. The molecule has 2 saturated carbocycles. The van der Waals surface area contributed by atoms with Gasteiger partial charge in [-0.05, 0) is 130 Å². The molecule has 0 amide bonds. The molecule has 0 aromatic carbocycles. The zero-order chi connectivity index (χ0) is 24.6. The number of rotatable bonds is 5. The van der Waals surface area contributed by atoms with E-state index >= 15 is 0 Å². The Labute approximate surface area is 208 Å². The molecule has 34 heavy (non-hydrogen) atoms. The van der Waals surface area contributed by atoms with Crippen molar-refractivity contribution >= 4 is 0 Å². The van der Waals surface area contributed by atoms with Crippen LogP contribution in [0.1, 0.15) is 117 Å². The Morgan fingerprint density at radius 3 is 2.47 bits per heavy atom. The zero-order valence-corrected chi connectivity index (χ0v) is 22.4. The summed E-state index contributed by atoms with van der Waals surface area (Å²) >= 11 is 0. The number of fused-ring (bicyclic) bond motifs is 2. The topological polar surface area (TPSA) is 53.4 Å². The molecule has 3 nitrogen and oxygen atoms in total. The number of aliphatic hydroxyl groups is 2. The third-order valence-corrected chi connectivity index (χ3v) is 10.9. The number of aliphatic hydroxyl groups excluding tert-OH is 1. The molecule has 0 unspecified atom stereocenters. The van der Waals surface area contributed by atoms with Gasteiger partial charge in [0.2, 0.25) is 0 Å². The van der Waals surface area contributed by atoms with Gasteiger partial charge in [-0.15, -0.1) is 0 Å². The summed E-state index contributed by atoms with van der Waals surface area (Å²) in [6.45, 7) is 12.0. The van der Waals surface area contributed by atoms with Crippen molar-refractivity contribution in [1.82, 2.24) is 4.98 Å². The van der Waals surface area contributed by atoms with Crippen molar-refractivity contribution in [3.8, 4) is 0 Å². The second kappa shape index (κ2) is 10.1. The first-order valence-electron chi connectivity index (χ1n) is 14.0. The van der Waals surface area contributed by atoms with Gasteiger partial charge in [0.15, 0.2) is 0 Å². The van der Waals surface area contributed by atoms with Gasteiger partial charge in [-0.25, -0.2) is 0 Å². The minimum absolute atomic E-state index is 0.236. The Bertz CT molecular complexity index is 848. The minimum Gasteiger partial charge on any atom is -0.390 e. The molecule has 1 heterocycles. The number of hydrogen-bond acceptors (Lipinski definition) is 3. The van der Waals surface area contributed by atoms with Crippen LogP contribution in [0.4, 0.5) is 0 Å². The van der Waals surface area contributed by atoms with E-state index < -0.39 is 5.60 Å². The molecule has 0 radical (unpaired) electrons. The molecule has 1 aromatic rings. The van der Waals surface area contributed by atoms with Crippen LogP contribution >= 0.6 is 0 Å². The van der Waals surface area contributed by atoms with Gasteiger partial charge in [0, 0.05) is 12.4 Å². The smallest absolute Gasteiger partial charge is 0.0791 e. The molecule has 0 bridgehead atoms.